The van der Waals surface area contributed by atoms with Gasteiger partial charge in [-0.15, -0.1) is 11.3 Å². The molecule has 0 aromatic carbocycles. The zero-order chi connectivity index (χ0) is 11.5. The normalized spacial score (nSPS) is 12.2. The third kappa shape index (κ3) is 5.10. The van der Waals surface area contributed by atoms with Gasteiger partial charge in [0.2, 0.25) is 0 Å². The maximum absolute atomic E-state index is 10.9. The van der Waals surface area contributed by atoms with Gasteiger partial charge in [-0.25, -0.2) is 13.4 Å². The summed E-state index contributed by atoms with van der Waals surface area (Å²) in [5.74, 6) is 0.178. The Kier molecular flexibility index (Phi) is 4.06. The molecule has 15 heavy (non-hydrogen) atoms. The van der Waals surface area contributed by atoms with Gasteiger partial charge < -0.3 is 10.6 Å². The summed E-state index contributed by atoms with van der Waals surface area (Å²) in [5, 5.41) is 0.543. The Labute approximate surface area is 93.8 Å². The Hall–Kier alpha value is -0.660. The van der Waals surface area contributed by atoms with Crippen molar-refractivity contribution in [1.29, 1.82) is 0 Å². The second-order valence-electron chi connectivity index (χ2n) is 3.53. The molecule has 0 atom stereocenters. The summed E-state index contributed by atoms with van der Waals surface area (Å²) in [4.78, 5) is 6.91. The summed E-state index contributed by atoms with van der Waals surface area (Å²) >= 11 is 1.42. The van der Waals surface area contributed by atoms with Crippen molar-refractivity contribution in [3.05, 3.63) is 11.1 Å². The quantitative estimate of drug-likeness (QED) is 0.807. The van der Waals surface area contributed by atoms with E-state index in [1.807, 2.05) is 11.9 Å². The van der Waals surface area contributed by atoms with Gasteiger partial charge in [-0.05, 0) is 7.05 Å². The first-order chi connectivity index (χ1) is 6.87. The highest BCUT2D eigenvalue weighted by Crippen LogP contribution is 2.15. The molecule has 0 unspecified atom stereocenters. The van der Waals surface area contributed by atoms with Gasteiger partial charge in [0.1, 0.15) is 9.84 Å². The molecule has 1 aromatic heterocycles. The zero-order valence-electron chi connectivity index (χ0n) is 8.80. The van der Waals surface area contributed by atoms with Crippen molar-refractivity contribution >= 4 is 26.3 Å². The SMILES string of the molecule is CN(CCS(C)(=O)=O)Cc1cnc(N)s1. The average Bonchev–Trinajstić information content (AvgIpc) is 2.47. The first-order valence-electron chi connectivity index (χ1n) is 4.43. The van der Waals surface area contributed by atoms with Crippen LogP contribution in [0.15, 0.2) is 6.20 Å². The zero-order valence-corrected chi connectivity index (χ0v) is 10.4. The maximum atomic E-state index is 10.9. The van der Waals surface area contributed by atoms with E-state index in [-0.39, 0.29) is 5.75 Å². The van der Waals surface area contributed by atoms with E-state index in [2.05, 4.69) is 4.98 Å². The number of nitrogen functional groups attached to an aromatic ring is 1. The molecule has 0 spiro atoms. The van der Waals surface area contributed by atoms with Crippen molar-refractivity contribution in [2.24, 2.45) is 0 Å². The van der Waals surface area contributed by atoms with Crippen LogP contribution in [0.5, 0.6) is 0 Å². The van der Waals surface area contributed by atoms with Gasteiger partial charge in [0.25, 0.3) is 0 Å². The Balaban J connectivity index is 2.40. The Morgan fingerprint density at radius 2 is 2.27 bits per heavy atom. The molecule has 1 heterocycles. The van der Waals surface area contributed by atoms with Crippen LogP contribution in [0.3, 0.4) is 0 Å². The topological polar surface area (TPSA) is 76.3 Å². The Morgan fingerprint density at radius 1 is 1.60 bits per heavy atom. The predicted molar refractivity (Wildman–Crippen MR) is 62.6 cm³/mol. The van der Waals surface area contributed by atoms with Crippen LogP contribution in [-0.2, 0) is 16.4 Å². The van der Waals surface area contributed by atoms with E-state index in [9.17, 15) is 8.42 Å². The van der Waals surface area contributed by atoms with Crippen molar-refractivity contribution in [1.82, 2.24) is 9.88 Å². The molecule has 0 aliphatic rings. The molecule has 0 fully saturated rings. The monoisotopic (exact) mass is 249 g/mol. The molecule has 0 bridgehead atoms. The standard InChI is InChI=1S/C8H15N3O2S2/c1-11(3-4-15(2,12)13)6-7-5-10-8(9)14-7/h5H,3-4,6H2,1-2H3,(H2,9,10). The summed E-state index contributed by atoms with van der Waals surface area (Å²) in [6, 6.07) is 0. The molecule has 5 nitrogen and oxygen atoms in total. The van der Waals surface area contributed by atoms with E-state index in [0.717, 1.165) is 4.88 Å². The predicted octanol–water partition coefficient (Wildman–Crippen LogP) is 0.202. The molecule has 0 aliphatic carbocycles. The number of hydrogen-bond acceptors (Lipinski definition) is 6. The molecule has 0 saturated carbocycles. The van der Waals surface area contributed by atoms with Crippen molar-refractivity contribution in [3.8, 4) is 0 Å². The number of sulfone groups is 1. The van der Waals surface area contributed by atoms with Crippen molar-refractivity contribution < 1.29 is 8.42 Å². The molecule has 0 saturated heterocycles. The van der Waals surface area contributed by atoms with Crippen molar-refractivity contribution in [2.75, 3.05) is 31.3 Å². The van der Waals surface area contributed by atoms with Gasteiger partial charge in [-0.3, -0.25) is 0 Å². The molecule has 1 rings (SSSR count). The highest BCUT2D eigenvalue weighted by molar-refractivity contribution is 7.90. The number of thiazole rings is 1. The van der Waals surface area contributed by atoms with Gasteiger partial charge >= 0.3 is 0 Å². The largest absolute Gasteiger partial charge is 0.375 e. The van der Waals surface area contributed by atoms with Crippen LogP contribution in [-0.4, -0.2) is 43.9 Å². The van der Waals surface area contributed by atoms with Crippen LogP contribution in [0.2, 0.25) is 0 Å². The third-order valence-corrected chi connectivity index (χ3v) is 3.58. The van der Waals surface area contributed by atoms with Crippen LogP contribution in [0.25, 0.3) is 0 Å². The molecule has 1 aromatic rings. The number of nitrogens with zero attached hydrogens (tertiary/aromatic N) is 2. The van der Waals surface area contributed by atoms with Gasteiger partial charge in [-0.1, -0.05) is 0 Å². The molecule has 0 radical (unpaired) electrons. The first-order valence-corrected chi connectivity index (χ1v) is 7.31. The third-order valence-electron chi connectivity index (χ3n) is 1.84. The number of anilines is 1. The lowest BCUT2D eigenvalue weighted by Crippen LogP contribution is -2.24. The summed E-state index contributed by atoms with van der Waals surface area (Å²) in [6.07, 6.45) is 2.96. The fraction of sp³-hybridized carbons (Fsp3) is 0.625. The summed E-state index contributed by atoms with van der Waals surface area (Å²) in [7, 11) is -1.01. The van der Waals surface area contributed by atoms with E-state index >= 15 is 0 Å². The minimum atomic E-state index is -2.88. The lowest BCUT2D eigenvalue weighted by Gasteiger charge is -2.13. The van der Waals surface area contributed by atoms with Crippen LogP contribution >= 0.6 is 11.3 Å². The lowest BCUT2D eigenvalue weighted by molar-refractivity contribution is 0.349. The van der Waals surface area contributed by atoms with Crippen LogP contribution in [0.4, 0.5) is 5.13 Å². The molecule has 7 heteroatoms. The highest BCUT2D eigenvalue weighted by atomic mass is 32.2. The molecular formula is C8H15N3O2S2. The summed E-state index contributed by atoms with van der Waals surface area (Å²) < 4.78 is 21.9. The Bertz CT molecular complexity index is 413. The second kappa shape index (κ2) is 4.91. The molecular weight excluding hydrogens is 234 g/mol. The summed E-state index contributed by atoms with van der Waals surface area (Å²) in [5.41, 5.74) is 5.49. The molecule has 0 aliphatic heterocycles. The first kappa shape index (κ1) is 12.4. The van der Waals surface area contributed by atoms with E-state index in [1.54, 1.807) is 6.20 Å². The fourth-order valence-electron chi connectivity index (χ4n) is 1.06. The maximum Gasteiger partial charge on any atom is 0.180 e. The highest BCUT2D eigenvalue weighted by Gasteiger charge is 2.07. The van der Waals surface area contributed by atoms with Gasteiger partial charge in [0.05, 0.1) is 5.75 Å². The van der Waals surface area contributed by atoms with E-state index < -0.39 is 9.84 Å². The average molecular weight is 249 g/mol. The number of aromatic nitrogens is 1. The van der Waals surface area contributed by atoms with Gasteiger partial charge in [0.15, 0.2) is 5.13 Å². The smallest absolute Gasteiger partial charge is 0.180 e. The van der Waals surface area contributed by atoms with Crippen LogP contribution in [0, 0.1) is 0 Å². The molecule has 2 N–H and O–H groups in total. The van der Waals surface area contributed by atoms with Crippen molar-refractivity contribution in [2.45, 2.75) is 6.54 Å². The van der Waals surface area contributed by atoms with Crippen molar-refractivity contribution in [3.63, 3.8) is 0 Å². The van der Waals surface area contributed by atoms with Gasteiger partial charge in [0, 0.05) is 30.4 Å². The summed E-state index contributed by atoms with van der Waals surface area (Å²) in [6.45, 7) is 1.21. The molecule has 0 amide bonds. The molecule has 86 valence electrons. The number of hydrogen-bond donors (Lipinski definition) is 1. The van der Waals surface area contributed by atoms with E-state index in [1.165, 1.54) is 17.6 Å². The van der Waals surface area contributed by atoms with Crippen LogP contribution in [0.1, 0.15) is 4.88 Å². The lowest BCUT2D eigenvalue weighted by atomic mass is 10.5. The van der Waals surface area contributed by atoms with E-state index in [0.29, 0.717) is 18.2 Å². The van der Waals surface area contributed by atoms with E-state index in [4.69, 9.17) is 5.73 Å². The number of rotatable bonds is 5. The minimum Gasteiger partial charge on any atom is -0.375 e. The minimum absolute atomic E-state index is 0.178. The van der Waals surface area contributed by atoms with Crippen LogP contribution < -0.4 is 5.73 Å². The Morgan fingerprint density at radius 3 is 2.73 bits per heavy atom. The second-order valence-corrected chi connectivity index (χ2v) is 6.94. The number of nitrogens with two attached hydrogens (primary N) is 1. The van der Waals surface area contributed by atoms with Gasteiger partial charge in [-0.2, -0.15) is 0 Å². The fourth-order valence-corrected chi connectivity index (χ4v) is 2.47.